The van der Waals surface area contributed by atoms with E-state index < -0.39 is 23.1 Å². The number of hydrogen-bond donors (Lipinski definition) is 2. The summed E-state index contributed by atoms with van der Waals surface area (Å²) in [4.78, 5) is 26.9. The van der Waals surface area contributed by atoms with Crippen LogP contribution in [0.3, 0.4) is 0 Å². The third kappa shape index (κ3) is 3.85. The van der Waals surface area contributed by atoms with E-state index in [0.717, 1.165) is 0 Å². The maximum absolute atomic E-state index is 12.9. The van der Waals surface area contributed by atoms with Crippen molar-refractivity contribution in [1.29, 1.82) is 0 Å². The summed E-state index contributed by atoms with van der Waals surface area (Å²) in [5, 5.41) is 20.2. The second kappa shape index (κ2) is 7.27. The SMILES string of the molecule is COCCCN1C(=O)C(O)=C(C(=O)C(C)(C)C)C1c1cccc(O)c1. The number of carbonyl (C=O) groups is 2. The standard InChI is InChI=1S/C19H25NO5/c1-19(2,3)17(23)14-15(12-7-5-8-13(21)11-12)20(9-6-10-25-4)18(24)16(14)22/h5,7-8,11,15,21-22H,6,9-10H2,1-4H3. The Morgan fingerprint density at radius 3 is 2.52 bits per heavy atom. The molecule has 1 atom stereocenters. The summed E-state index contributed by atoms with van der Waals surface area (Å²) in [6, 6.07) is 5.69. The molecule has 0 aliphatic carbocycles. The van der Waals surface area contributed by atoms with Gasteiger partial charge in [-0.2, -0.15) is 0 Å². The predicted molar refractivity (Wildman–Crippen MR) is 93.2 cm³/mol. The zero-order valence-electron chi connectivity index (χ0n) is 15.1. The van der Waals surface area contributed by atoms with E-state index in [-0.39, 0.29) is 17.1 Å². The molecular formula is C19H25NO5. The highest BCUT2D eigenvalue weighted by atomic mass is 16.5. The molecule has 0 radical (unpaired) electrons. The first kappa shape index (κ1) is 19.0. The van der Waals surface area contributed by atoms with Gasteiger partial charge in [0.15, 0.2) is 11.5 Å². The van der Waals surface area contributed by atoms with Crippen molar-refractivity contribution < 1.29 is 24.5 Å². The van der Waals surface area contributed by atoms with Crippen molar-refractivity contribution in [2.24, 2.45) is 5.41 Å². The maximum Gasteiger partial charge on any atom is 0.290 e. The molecule has 6 heteroatoms. The summed E-state index contributed by atoms with van der Waals surface area (Å²) in [6.45, 7) is 6.02. The number of hydrogen-bond acceptors (Lipinski definition) is 5. The molecule has 1 unspecified atom stereocenters. The van der Waals surface area contributed by atoms with E-state index in [9.17, 15) is 19.8 Å². The van der Waals surface area contributed by atoms with Gasteiger partial charge in [-0.1, -0.05) is 32.9 Å². The predicted octanol–water partition coefficient (Wildman–Crippen LogP) is 2.74. The quantitative estimate of drug-likeness (QED) is 0.773. The van der Waals surface area contributed by atoms with Gasteiger partial charge in [0.05, 0.1) is 11.6 Å². The number of aliphatic hydroxyl groups is 1. The van der Waals surface area contributed by atoms with Crippen LogP contribution >= 0.6 is 0 Å². The van der Waals surface area contributed by atoms with E-state index in [2.05, 4.69) is 0 Å². The van der Waals surface area contributed by atoms with Crippen LogP contribution < -0.4 is 0 Å². The highest BCUT2D eigenvalue weighted by Crippen LogP contribution is 2.41. The lowest BCUT2D eigenvalue weighted by atomic mass is 9.82. The van der Waals surface area contributed by atoms with Crippen LogP contribution in [-0.4, -0.2) is 47.1 Å². The van der Waals surface area contributed by atoms with Crippen LogP contribution in [0, 0.1) is 5.41 Å². The molecular weight excluding hydrogens is 322 g/mol. The molecule has 0 fully saturated rings. The van der Waals surface area contributed by atoms with Crippen molar-refractivity contribution in [3.05, 3.63) is 41.2 Å². The number of phenols is 1. The first-order valence-electron chi connectivity index (χ1n) is 8.25. The number of amides is 1. The molecule has 25 heavy (non-hydrogen) atoms. The smallest absolute Gasteiger partial charge is 0.290 e. The molecule has 0 aromatic heterocycles. The van der Waals surface area contributed by atoms with Gasteiger partial charge in [0.2, 0.25) is 0 Å². The van der Waals surface area contributed by atoms with Gasteiger partial charge in [-0.25, -0.2) is 0 Å². The molecule has 1 heterocycles. The average molecular weight is 347 g/mol. The number of ether oxygens (including phenoxy) is 1. The van der Waals surface area contributed by atoms with Gasteiger partial charge in [0.1, 0.15) is 5.75 Å². The first-order valence-corrected chi connectivity index (χ1v) is 8.25. The highest BCUT2D eigenvalue weighted by molar-refractivity contribution is 6.10. The lowest BCUT2D eigenvalue weighted by molar-refractivity contribution is -0.129. The van der Waals surface area contributed by atoms with Gasteiger partial charge in [0, 0.05) is 25.7 Å². The third-order valence-corrected chi connectivity index (χ3v) is 4.16. The van der Waals surface area contributed by atoms with Gasteiger partial charge >= 0.3 is 0 Å². The fourth-order valence-electron chi connectivity index (χ4n) is 2.94. The molecule has 2 N–H and O–H groups in total. The number of ketones is 1. The van der Waals surface area contributed by atoms with E-state index >= 15 is 0 Å². The molecule has 1 aliphatic rings. The molecule has 0 saturated carbocycles. The second-order valence-electron chi connectivity index (χ2n) is 7.18. The number of Topliss-reactive ketones (excluding diaryl/α,β-unsaturated/α-hetero) is 1. The zero-order valence-corrected chi connectivity index (χ0v) is 15.1. The Kier molecular flexibility index (Phi) is 5.52. The summed E-state index contributed by atoms with van der Waals surface area (Å²) < 4.78 is 5.03. The Balaban J connectivity index is 2.50. The van der Waals surface area contributed by atoms with Gasteiger partial charge in [-0.15, -0.1) is 0 Å². The van der Waals surface area contributed by atoms with E-state index in [1.165, 1.54) is 17.0 Å². The molecule has 1 aromatic rings. The normalized spacial score (nSPS) is 18.2. The van der Waals surface area contributed by atoms with Crippen LogP contribution in [0.4, 0.5) is 0 Å². The van der Waals surface area contributed by atoms with Crippen LogP contribution in [0.25, 0.3) is 0 Å². The van der Waals surface area contributed by atoms with Crippen molar-refractivity contribution in [3.8, 4) is 5.75 Å². The summed E-state index contributed by atoms with van der Waals surface area (Å²) in [5.74, 6) is -1.33. The topological polar surface area (TPSA) is 87.1 Å². The van der Waals surface area contributed by atoms with Crippen LogP contribution in [0.2, 0.25) is 0 Å². The maximum atomic E-state index is 12.9. The van der Waals surface area contributed by atoms with E-state index in [1.54, 1.807) is 40.0 Å². The molecule has 1 aliphatic heterocycles. The average Bonchev–Trinajstić information content (AvgIpc) is 2.78. The van der Waals surface area contributed by atoms with Crippen molar-refractivity contribution in [2.75, 3.05) is 20.3 Å². The number of methoxy groups -OCH3 is 1. The molecule has 1 amide bonds. The van der Waals surface area contributed by atoms with Crippen LogP contribution in [0.15, 0.2) is 35.6 Å². The summed E-state index contributed by atoms with van der Waals surface area (Å²) >= 11 is 0. The van der Waals surface area contributed by atoms with Crippen molar-refractivity contribution >= 4 is 11.7 Å². The van der Waals surface area contributed by atoms with Crippen LogP contribution in [0.5, 0.6) is 5.75 Å². The van der Waals surface area contributed by atoms with E-state index in [4.69, 9.17) is 4.74 Å². The molecule has 6 nitrogen and oxygen atoms in total. The number of benzene rings is 1. The summed E-state index contributed by atoms with van der Waals surface area (Å²) in [6.07, 6.45) is 0.571. The number of aromatic hydroxyl groups is 1. The zero-order chi connectivity index (χ0) is 18.8. The molecule has 0 spiro atoms. The molecule has 136 valence electrons. The molecule has 0 saturated heterocycles. The van der Waals surface area contributed by atoms with Gasteiger partial charge in [0.25, 0.3) is 5.91 Å². The Morgan fingerprint density at radius 2 is 1.96 bits per heavy atom. The van der Waals surface area contributed by atoms with Crippen molar-refractivity contribution in [2.45, 2.75) is 33.2 Å². The number of aliphatic hydroxyl groups excluding tert-OH is 1. The monoisotopic (exact) mass is 347 g/mol. The summed E-state index contributed by atoms with van der Waals surface area (Å²) in [7, 11) is 1.57. The lowest BCUT2D eigenvalue weighted by Gasteiger charge is -2.29. The number of nitrogens with zero attached hydrogens (tertiary/aromatic N) is 1. The first-order chi connectivity index (χ1) is 11.7. The third-order valence-electron chi connectivity index (χ3n) is 4.16. The van der Waals surface area contributed by atoms with Crippen LogP contribution in [0.1, 0.15) is 38.8 Å². The highest BCUT2D eigenvalue weighted by Gasteiger charge is 2.45. The number of phenolic OH excluding ortho intramolecular Hbond substituents is 1. The van der Waals surface area contributed by atoms with Gasteiger partial charge < -0.3 is 19.8 Å². The van der Waals surface area contributed by atoms with Crippen molar-refractivity contribution in [1.82, 2.24) is 4.90 Å². The van der Waals surface area contributed by atoms with E-state index in [0.29, 0.717) is 25.1 Å². The minimum Gasteiger partial charge on any atom is -0.508 e. The minimum absolute atomic E-state index is 0.0377. The Hall–Kier alpha value is -2.34. The van der Waals surface area contributed by atoms with E-state index in [1.807, 2.05) is 0 Å². The van der Waals surface area contributed by atoms with Crippen LogP contribution in [-0.2, 0) is 14.3 Å². The fraction of sp³-hybridized carbons (Fsp3) is 0.474. The molecule has 1 aromatic carbocycles. The van der Waals surface area contributed by atoms with Crippen molar-refractivity contribution in [3.63, 3.8) is 0 Å². The van der Waals surface area contributed by atoms with Gasteiger partial charge in [-0.05, 0) is 24.1 Å². The Labute approximate surface area is 147 Å². The number of carbonyl (C=O) groups excluding carboxylic acids is 2. The molecule has 0 bridgehead atoms. The fourth-order valence-corrected chi connectivity index (χ4v) is 2.94. The molecule has 2 rings (SSSR count). The Morgan fingerprint density at radius 1 is 1.28 bits per heavy atom. The lowest BCUT2D eigenvalue weighted by Crippen LogP contribution is -2.34. The second-order valence-corrected chi connectivity index (χ2v) is 7.18. The van der Waals surface area contributed by atoms with Gasteiger partial charge in [-0.3, -0.25) is 9.59 Å². The summed E-state index contributed by atoms with van der Waals surface area (Å²) in [5.41, 5.74) is -0.0794. The number of rotatable bonds is 6. The Bertz CT molecular complexity index is 702. The largest absolute Gasteiger partial charge is 0.508 e. The minimum atomic E-state index is -0.749.